The third-order valence-electron chi connectivity index (χ3n) is 3.95. The first kappa shape index (κ1) is 15.5. The van der Waals surface area contributed by atoms with Crippen LogP contribution in [-0.4, -0.2) is 58.5 Å². The van der Waals surface area contributed by atoms with E-state index in [-0.39, 0.29) is 11.9 Å². The van der Waals surface area contributed by atoms with E-state index in [1.807, 2.05) is 18.7 Å². The SMILES string of the molecule is Cc1noc(C)c1C(=O)N1CCN(C(C)C)[C@@H](C(N)=O)C1. The fourth-order valence-corrected chi connectivity index (χ4v) is 2.80. The van der Waals surface area contributed by atoms with Gasteiger partial charge in [0.05, 0.1) is 5.69 Å². The Hall–Kier alpha value is -1.89. The number of primary amides is 1. The van der Waals surface area contributed by atoms with Crippen LogP contribution in [0.3, 0.4) is 0 Å². The fraction of sp³-hybridized carbons (Fsp3) is 0.643. The first-order chi connectivity index (χ1) is 9.82. The molecule has 1 aromatic heterocycles. The lowest BCUT2D eigenvalue weighted by molar-refractivity contribution is -0.126. The second kappa shape index (κ2) is 5.85. The van der Waals surface area contributed by atoms with Gasteiger partial charge in [-0.15, -0.1) is 0 Å². The molecule has 2 heterocycles. The van der Waals surface area contributed by atoms with Gasteiger partial charge in [-0.1, -0.05) is 5.16 Å². The van der Waals surface area contributed by atoms with Gasteiger partial charge < -0.3 is 15.2 Å². The maximum absolute atomic E-state index is 12.6. The van der Waals surface area contributed by atoms with Crippen LogP contribution >= 0.6 is 0 Å². The van der Waals surface area contributed by atoms with Gasteiger partial charge in [0.1, 0.15) is 17.4 Å². The minimum absolute atomic E-state index is 0.152. The maximum atomic E-state index is 12.6. The Morgan fingerprint density at radius 1 is 1.33 bits per heavy atom. The lowest BCUT2D eigenvalue weighted by atomic mass is 10.1. The zero-order chi connectivity index (χ0) is 15.7. The average molecular weight is 294 g/mol. The normalized spacial score (nSPS) is 20.0. The van der Waals surface area contributed by atoms with E-state index in [0.717, 1.165) is 0 Å². The third-order valence-corrected chi connectivity index (χ3v) is 3.95. The number of nitrogens with zero attached hydrogens (tertiary/aromatic N) is 3. The molecule has 0 radical (unpaired) electrons. The number of piperazine rings is 1. The molecule has 116 valence electrons. The zero-order valence-corrected chi connectivity index (χ0v) is 12.9. The number of amides is 2. The van der Waals surface area contributed by atoms with Crippen molar-refractivity contribution in [2.24, 2.45) is 5.73 Å². The number of hydrogen-bond donors (Lipinski definition) is 1. The average Bonchev–Trinajstić information content (AvgIpc) is 2.76. The standard InChI is InChI=1S/C14H22N4O3/c1-8(2)18-6-5-17(7-11(18)13(15)19)14(20)12-9(3)16-21-10(12)4/h8,11H,5-7H2,1-4H3,(H2,15,19)/t11-/m1/s1. The van der Waals surface area contributed by atoms with Gasteiger partial charge in [-0.3, -0.25) is 14.5 Å². The molecule has 2 N–H and O–H groups in total. The minimum Gasteiger partial charge on any atom is -0.368 e. The molecule has 0 saturated carbocycles. The van der Waals surface area contributed by atoms with Crippen LogP contribution in [-0.2, 0) is 4.79 Å². The summed E-state index contributed by atoms with van der Waals surface area (Å²) in [6.07, 6.45) is 0. The van der Waals surface area contributed by atoms with E-state index in [2.05, 4.69) is 5.16 Å². The Morgan fingerprint density at radius 2 is 2.00 bits per heavy atom. The monoisotopic (exact) mass is 294 g/mol. The van der Waals surface area contributed by atoms with Gasteiger partial charge in [-0.2, -0.15) is 0 Å². The van der Waals surface area contributed by atoms with Crippen LogP contribution < -0.4 is 5.73 Å². The first-order valence-corrected chi connectivity index (χ1v) is 7.10. The van der Waals surface area contributed by atoms with Gasteiger partial charge in [-0.25, -0.2) is 0 Å². The smallest absolute Gasteiger partial charge is 0.259 e. The van der Waals surface area contributed by atoms with Gasteiger partial charge in [0.2, 0.25) is 5.91 Å². The topological polar surface area (TPSA) is 92.7 Å². The van der Waals surface area contributed by atoms with Crippen LogP contribution in [0.5, 0.6) is 0 Å². The van der Waals surface area contributed by atoms with Crippen molar-refractivity contribution in [3.8, 4) is 0 Å². The Bertz CT molecular complexity index is 533. The van der Waals surface area contributed by atoms with Crippen molar-refractivity contribution in [3.05, 3.63) is 17.0 Å². The van der Waals surface area contributed by atoms with Gasteiger partial charge in [0, 0.05) is 25.7 Å². The Morgan fingerprint density at radius 3 is 2.48 bits per heavy atom. The fourth-order valence-electron chi connectivity index (χ4n) is 2.80. The van der Waals surface area contributed by atoms with Crippen molar-refractivity contribution >= 4 is 11.8 Å². The van der Waals surface area contributed by atoms with Crippen LogP contribution in [0.25, 0.3) is 0 Å². The molecule has 2 amide bonds. The van der Waals surface area contributed by atoms with Gasteiger partial charge >= 0.3 is 0 Å². The molecule has 2 rings (SSSR count). The van der Waals surface area contributed by atoms with E-state index in [0.29, 0.717) is 36.7 Å². The van der Waals surface area contributed by atoms with Crippen LogP contribution in [0, 0.1) is 13.8 Å². The van der Waals surface area contributed by atoms with E-state index in [1.165, 1.54) is 0 Å². The van der Waals surface area contributed by atoms with Crippen LogP contribution in [0.15, 0.2) is 4.52 Å². The van der Waals surface area contributed by atoms with Crippen molar-refractivity contribution in [1.82, 2.24) is 15.0 Å². The lowest BCUT2D eigenvalue weighted by Gasteiger charge is -2.41. The first-order valence-electron chi connectivity index (χ1n) is 7.10. The summed E-state index contributed by atoms with van der Waals surface area (Å²) in [7, 11) is 0. The minimum atomic E-state index is -0.455. The number of carbonyl (C=O) groups excluding carboxylic acids is 2. The highest BCUT2D eigenvalue weighted by Gasteiger charge is 2.35. The molecule has 7 heteroatoms. The van der Waals surface area contributed by atoms with E-state index >= 15 is 0 Å². The van der Waals surface area contributed by atoms with Crippen LogP contribution in [0.4, 0.5) is 0 Å². The summed E-state index contributed by atoms with van der Waals surface area (Å²) in [5, 5.41) is 3.80. The van der Waals surface area contributed by atoms with Crippen molar-refractivity contribution < 1.29 is 14.1 Å². The van der Waals surface area contributed by atoms with Gasteiger partial charge in [0.25, 0.3) is 5.91 Å². The summed E-state index contributed by atoms with van der Waals surface area (Å²) in [5.41, 5.74) is 6.54. The number of nitrogens with two attached hydrogens (primary N) is 1. The molecule has 1 aliphatic rings. The number of rotatable bonds is 3. The molecule has 0 aliphatic carbocycles. The van der Waals surface area contributed by atoms with Crippen molar-refractivity contribution in [3.63, 3.8) is 0 Å². The molecular formula is C14H22N4O3. The molecule has 0 spiro atoms. The molecule has 0 unspecified atom stereocenters. The van der Waals surface area contributed by atoms with E-state index in [4.69, 9.17) is 10.3 Å². The van der Waals surface area contributed by atoms with E-state index in [1.54, 1.807) is 18.7 Å². The molecule has 21 heavy (non-hydrogen) atoms. The molecule has 1 atom stereocenters. The summed E-state index contributed by atoms with van der Waals surface area (Å²) in [5.74, 6) is -0.0553. The van der Waals surface area contributed by atoms with Gasteiger partial charge in [0.15, 0.2) is 0 Å². The molecular weight excluding hydrogens is 272 g/mol. The predicted octanol–water partition coefficient (Wildman–Crippen LogP) is 0.312. The molecule has 0 bridgehead atoms. The number of carbonyl (C=O) groups is 2. The van der Waals surface area contributed by atoms with Crippen molar-refractivity contribution in [2.45, 2.75) is 39.8 Å². The zero-order valence-electron chi connectivity index (χ0n) is 12.9. The number of aryl methyl sites for hydroxylation is 2. The summed E-state index contributed by atoms with van der Waals surface area (Å²) >= 11 is 0. The second-order valence-corrected chi connectivity index (χ2v) is 5.70. The van der Waals surface area contributed by atoms with Gasteiger partial charge in [-0.05, 0) is 27.7 Å². The number of aromatic nitrogens is 1. The highest BCUT2D eigenvalue weighted by Crippen LogP contribution is 2.19. The molecule has 1 saturated heterocycles. The molecule has 7 nitrogen and oxygen atoms in total. The van der Waals surface area contributed by atoms with E-state index < -0.39 is 11.9 Å². The third kappa shape index (κ3) is 2.92. The highest BCUT2D eigenvalue weighted by molar-refractivity contribution is 5.96. The quantitative estimate of drug-likeness (QED) is 0.866. The Balaban J connectivity index is 2.20. The Kier molecular flexibility index (Phi) is 4.32. The van der Waals surface area contributed by atoms with Crippen molar-refractivity contribution in [2.75, 3.05) is 19.6 Å². The van der Waals surface area contributed by atoms with E-state index in [9.17, 15) is 9.59 Å². The van der Waals surface area contributed by atoms with Crippen molar-refractivity contribution in [1.29, 1.82) is 0 Å². The summed E-state index contributed by atoms with van der Waals surface area (Å²) in [6.45, 7) is 8.97. The predicted molar refractivity (Wildman–Crippen MR) is 76.7 cm³/mol. The summed E-state index contributed by atoms with van der Waals surface area (Å²) in [4.78, 5) is 28.0. The maximum Gasteiger partial charge on any atom is 0.259 e. The second-order valence-electron chi connectivity index (χ2n) is 5.70. The number of hydrogen-bond acceptors (Lipinski definition) is 5. The van der Waals surface area contributed by atoms with Crippen LogP contribution in [0.1, 0.15) is 35.7 Å². The molecule has 1 fully saturated rings. The largest absolute Gasteiger partial charge is 0.368 e. The summed E-state index contributed by atoms with van der Waals surface area (Å²) in [6, 6.07) is -0.248. The molecule has 1 aromatic rings. The molecule has 0 aromatic carbocycles. The highest BCUT2D eigenvalue weighted by atomic mass is 16.5. The molecule has 1 aliphatic heterocycles. The lowest BCUT2D eigenvalue weighted by Crippen LogP contribution is -2.61. The summed E-state index contributed by atoms with van der Waals surface area (Å²) < 4.78 is 5.04. The Labute approximate surface area is 124 Å². The van der Waals surface area contributed by atoms with Crippen LogP contribution in [0.2, 0.25) is 0 Å².